The lowest BCUT2D eigenvalue weighted by Gasteiger charge is -2.13. The second kappa shape index (κ2) is 6.37. The van der Waals surface area contributed by atoms with Crippen LogP contribution in [0.25, 0.3) is 0 Å². The van der Waals surface area contributed by atoms with Crippen molar-refractivity contribution in [3.05, 3.63) is 20.8 Å². The van der Waals surface area contributed by atoms with Crippen LogP contribution in [-0.4, -0.2) is 42.5 Å². The van der Waals surface area contributed by atoms with Gasteiger partial charge in [-0.05, 0) is 35.1 Å². The number of ketones is 1. The highest BCUT2D eigenvalue weighted by Gasteiger charge is 2.09. The van der Waals surface area contributed by atoms with Crippen LogP contribution in [0.5, 0.6) is 0 Å². The van der Waals surface area contributed by atoms with Crippen LogP contribution in [0.15, 0.2) is 15.9 Å². The van der Waals surface area contributed by atoms with Gasteiger partial charge in [-0.15, -0.1) is 11.3 Å². The van der Waals surface area contributed by atoms with Crippen LogP contribution in [0, 0.1) is 0 Å². The van der Waals surface area contributed by atoms with Crippen molar-refractivity contribution in [3.63, 3.8) is 0 Å². The lowest BCUT2D eigenvalue weighted by molar-refractivity contribution is 0.0968. The Labute approximate surface area is 102 Å². The molecule has 1 aromatic heterocycles. The molecule has 0 aliphatic carbocycles. The molecule has 1 heterocycles. The normalized spacial score (nSPS) is 10.9. The highest BCUT2D eigenvalue weighted by atomic mass is 79.9. The van der Waals surface area contributed by atoms with Gasteiger partial charge in [0.15, 0.2) is 5.78 Å². The molecule has 5 heteroatoms. The predicted octanol–water partition coefficient (Wildman–Crippen LogP) is 2.01. The standard InChI is InChI=1S/C10H14BrNO2S/c1-12(6-7-13)5-4-8(14)9-2-3-10(11)15-9/h2-3,13H,4-7H2,1H3. The van der Waals surface area contributed by atoms with E-state index >= 15 is 0 Å². The number of aliphatic hydroxyl groups is 1. The first kappa shape index (κ1) is 12.8. The SMILES string of the molecule is CN(CCO)CCC(=O)c1ccc(Br)s1. The van der Waals surface area contributed by atoms with E-state index in [-0.39, 0.29) is 12.4 Å². The van der Waals surface area contributed by atoms with Crippen LogP contribution >= 0.6 is 27.3 Å². The summed E-state index contributed by atoms with van der Waals surface area (Å²) in [5.41, 5.74) is 0. The maximum Gasteiger partial charge on any atom is 0.174 e. The monoisotopic (exact) mass is 291 g/mol. The Morgan fingerprint density at radius 1 is 1.53 bits per heavy atom. The molecule has 15 heavy (non-hydrogen) atoms. The Kier molecular flexibility index (Phi) is 5.45. The van der Waals surface area contributed by atoms with E-state index in [4.69, 9.17) is 5.11 Å². The van der Waals surface area contributed by atoms with E-state index in [9.17, 15) is 4.79 Å². The zero-order valence-corrected chi connectivity index (χ0v) is 11.0. The minimum Gasteiger partial charge on any atom is -0.395 e. The fourth-order valence-corrected chi connectivity index (χ4v) is 2.52. The van der Waals surface area contributed by atoms with Gasteiger partial charge in [0.1, 0.15) is 0 Å². The first-order chi connectivity index (χ1) is 7.13. The number of rotatable bonds is 6. The maximum absolute atomic E-state index is 11.7. The molecule has 0 spiro atoms. The summed E-state index contributed by atoms with van der Waals surface area (Å²) in [6.07, 6.45) is 0.503. The van der Waals surface area contributed by atoms with Gasteiger partial charge in [0.05, 0.1) is 15.3 Å². The Hall–Kier alpha value is -0.230. The number of carbonyl (C=O) groups excluding carboxylic acids is 1. The van der Waals surface area contributed by atoms with E-state index in [1.807, 2.05) is 24.1 Å². The Morgan fingerprint density at radius 2 is 2.27 bits per heavy atom. The minimum atomic E-state index is 0.134. The van der Waals surface area contributed by atoms with Crippen molar-refractivity contribution in [2.75, 3.05) is 26.7 Å². The van der Waals surface area contributed by atoms with Gasteiger partial charge in [0, 0.05) is 19.5 Å². The van der Waals surface area contributed by atoms with Crippen molar-refractivity contribution >= 4 is 33.0 Å². The zero-order valence-electron chi connectivity index (χ0n) is 8.57. The van der Waals surface area contributed by atoms with Crippen LogP contribution in [-0.2, 0) is 0 Å². The molecule has 0 atom stereocenters. The molecule has 0 aliphatic rings. The molecule has 84 valence electrons. The van der Waals surface area contributed by atoms with Crippen molar-refractivity contribution in [2.45, 2.75) is 6.42 Å². The Morgan fingerprint density at radius 3 is 2.80 bits per heavy atom. The van der Waals surface area contributed by atoms with Crippen LogP contribution in [0.3, 0.4) is 0 Å². The molecule has 1 rings (SSSR count). The summed E-state index contributed by atoms with van der Waals surface area (Å²) < 4.78 is 0.981. The number of aliphatic hydroxyl groups excluding tert-OH is 1. The summed E-state index contributed by atoms with van der Waals surface area (Å²) in [5, 5.41) is 8.69. The quantitative estimate of drug-likeness (QED) is 0.815. The summed E-state index contributed by atoms with van der Waals surface area (Å²) in [4.78, 5) is 14.4. The molecule has 0 fully saturated rings. The molecule has 0 bridgehead atoms. The summed E-state index contributed by atoms with van der Waals surface area (Å²) in [6.45, 7) is 1.44. The van der Waals surface area contributed by atoms with Gasteiger partial charge < -0.3 is 10.0 Å². The van der Waals surface area contributed by atoms with Crippen molar-refractivity contribution in [2.24, 2.45) is 0 Å². The number of hydrogen-bond donors (Lipinski definition) is 1. The fraction of sp³-hybridized carbons (Fsp3) is 0.500. The topological polar surface area (TPSA) is 40.5 Å². The second-order valence-corrected chi connectivity index (χ2v) is 5.77. The number of halogens is 1. The average molecular weight is 292 g/mol. The molecule has 0 unspecified atom stereocenters. The Bertz CT molecular complexity index is 327. The summed E-state index contributed by atoms with van der Waals surface area (Å²) in [7, 11) is 1.90. The van der Waals surface area contributed by atoms with Crippen molar-refractivity contribution < 1.29 is 9.90 Å². The van der Waals surface area contributed by atoms with E-state index in [0.717, 1.165) is 8.66 Å². The third-order valence-corrected chi connectivity index (χ3v) is 3.72. The largest absolute Gasteiger partial charge is 0.395 e. The molecule has 0 saturated heterocycles. The highest BCUT2D eigenvalue weighted by molar-refractivity contribution is 9.11. The van der Waals surface area contributed by atoms with Crippen LogP contribution in [0.1, 0.15) is 16.1 Å². The molecule has 0 radical (unpaired) electrons. The summed E-state index contributed by atoms with van der Waals surface area (Å²) >= 11 is 4.79. The highest BCUT2D eigenvalue weighted by Crippen LogP contribution is 2.23. The fourth-order valence-electron chi connectivity index (χ4n) is 1.16. The van der Waals surface area contributed by atoms with Crippen molar-refractivity contribution in [1.29, 1.82) is 0 Å². The average Bonchev–Trinajstić information content (AvgIpc) is 2.62. The molecule has 0 aliphatic heterocycles. The molecule has 0 saturated carbocycles. The molecule has 0 amide bonds. The van der Waals surface area contributed by atoms with Gasteiger partial charge in [-0.2, -0.15) is 0 Å². The van der Waals surface area contributed by atoms with Gasteiger partial charge in [-0.1, -0.05) is 0 Å². The zero-order chi connectivity index (χ0) is 11.3. The van der Waals surface area contributed by atoms with Gasteiger partial charge in [-0.25, -0.2) is 0 Å². The lowest BCUT2D eigenvalue weighted by atomic mass is 10.2. The van der Waals surface area contributed by atoms with Crippen molar-refractivity contribution in [1.82, 2.24) is 4.90 Å². The second-order valence-electron chi connectivity index (χ2n) is 3.30. The smallest absolute Gasteiger partial charge is 0.174 e. The molecule has 1 aromatic rings. The first-order valence-corrected chi connectivity index (χ1v) is 6.32. The maximum atomic E-state index is 11.7. The van der Waals surface area contributed by atoms with Crippen LogP contribution in [0.2, 0.25) is 0 Å². The van der Waals surface area contributed by atoms with Crippen LogP contribution in [0.4, 0.5) is 0 Å². The number of thiophene rings is 1. The van der Waals surface area contributed by atoms with Gasteiger partial charge in [-0.3, -0.25) is 4.79 Å². The molecule has 0 aromatic carbocycles. The molecular formula is C10H14BrNO2S. The minimum absolute atomic E-state index is 0.134. The van der Waals surface area contributed by atoms with Crippen LogP contribution < -0.4 is 0 Å². The number of likely N-dealkylation sites (N-methyl/N-ethyl adjacent to an activating group) is 1. The molecule has 1 N–H and O–H groups in total. The number of carbonyl (C=O) groups is 1. The van der Waals surface area contributed by atoms with Crippen molar-refractivity contribution in [3.8, 4) is 0 Å². The summed E-state index contributed by atoms with van der Waals surface area (Å²) in [5.74, 6) is 0.162. The van der Waals surface area contributed by atoms with Gasteiger partial charge >= 0.3 is 0 Å². The van der Waals surface area contributed by atoms with E-state index in [0.29, 0.717) is 19.5 Å². The number of hydrogen-bond acceptors (Lipinski definition) is 4. The Balaban J connectivity index is 2.36. The van der Waals surface area contributed by atoms with E-state index in [1.54, 1.807) is 0 Å². The number of Topliss-reactive ketones (excluding diaryl/α,β-unsaturated/α-hetero) is 1. The lowest BCUT2D eigenvalue weighted by Crippen LogP contribution is -2.24. The molecule has 3 nitrogen and oxygen atoms in total. The van der Waals surface area contributed by atoms with E-state index in [2.05, 4.69) is 15.9 Å². The number of nitrogens with zero attached hydrogens (tertiary/aromatic N) is 1. The van der Waals surface area contributed by atoms with Gasteiger partial charge in [0.2, 0.25) is 0 Å². The third-order valence-electron chi connectivity index (χ3n) is 2.05. The van der Waals surface area contributed by atoms with E-state index in [1.165, 1.54) is 11.3 Å². The van der Waals surface area contributed by atoms with Gasteiger partial charge in [0.25, 0.3) is 0 Å². The summed E-state index contributed by atoms with van der Waals surface area (Å²) in [6, 6.07) is 3.72. The van der Waals surface area contributed by atoms with E-state index < -0.39 is 0 Å². The first-order valence-electron chi connectivity index (χ1n) is 4.71. The molecular weight excluding hydrogens is 278 g/mol. The third kappa shape index (κ3) is 4.42. The predicted molar refractivity (Wildman–Crippen MR) is 65.5 cm³/mol.